The fourth-order valence-electron chi connectivity index (χ4n) is 3.58. The van der Waals surface area contributed by atoms with Gasteiger partial charge in [-0.1, -0.05) is 18.2 Å². The lowest BCUT2D eigenvalue weighted by Crippen LogP contribution is -2.37. The number of benzene rings is 2. The molecule has 0 saturated carbocycles. The molecule has 0 bridgehead atoms. The normalized spacial score (nSPS) is 11.4. The van der Waals surface area contributed by atoms with Crippen molar-refractivity contribution in [3.63, 3.8) is 0 Å². The zero-order chi connectivity index (χ0) is 26.2. The van der Waals surface area contributed by atoms with Gasteiger partial charge >= 0.3 is 0 Å². The predicted octanol–water partition coefficient (Wildman–Crippen LogP) is 2.33. The van der Waals surface area contributed by atoms with Gasteiger partial charge in [-0.2, -0.15) is 0 Å². The van der Waals surface area contributed by atoms with E-state index < -0.39 is 28.9 Å². The topological polar surface area (TPSA) is 147 Å². The molecule has 10 heteroatoms. The average Bonchev–Trinajstić information content (AvgIpc) is 2.87. The fourth-order valence-corrected chi connectivity index (χ4v) is 3.58. The molecule has 0 aliphatic rings. The van der Waals surface area contributed by atoms with Gasteiger partial charge in [0.15, 0.2) is 17.3 Å². The highest BCUT2D eigenvalue weighted by molar-refractivity contribution is 5.85. The molecule has 0 radical (unpaired) electrons. The molecule has 10 nitrogen and oxygen atoms in total. The van der Waals surface area contributed by atoms with Gasteiger partial charge in [-0.3, -0.25) is 14.4 Å². The van der Waals surface area contributed by atoms with Crippen molar-refractivity contribution in [3.8, 4) is 23.0 Å². The molecule has 2 amide bonds. The maximum absolute atomic E-state index is 12.8. The number of hydrogen-bond donors (Lipinski definition) is 4. The Balaban J connectivity index is 1.71. The summed E-state index contributed by atoms with van der Waals surface area (Å²) < 4.78 is 15.9. The molecular weight excluding hydrogens is 468 g/mol. The first-order valence-corrected chi connectivity index (χ1v) is 11.1. The third-order valence-corrected chi connectivity index (χ3v) is 5.48. The van der Waals surface area contributed by atoms with Gasteiger partial charge < -0.3 is 34.7 Å². The second kappa shape index (κ2) is 11.8. The van der Waals surface area contributed by atoms with Gasteiger partial charge in [0.1, 0.15) is 11.5 Å². The number of phenols is 1. The van der Waals surface area contributed by atoms with E-state index in [0.717, 1.165) is 11.6 Å². The number of aryl methyl sites for hydroxylation is 1. The number of ether oxygens (including phenoxy) is 2. The van der Waals surface area contributed by atoms with Crippen molar-refractivity contribution in [1.29, 1.82) is 0 Å². The lowest BCUT2D eigenvalue weighted by atomic mass is 9.91. The van der Waals surface area contributed by atoms with Crippen LogP contribution >= 0.6 is 0 Å². The molecule has 1 atom stereocenters. The molecule has 3 rings (SSSR count). The number of hydrogen-bond acceptors (Lipinski definition) is 8. The molecular formula is C26H28N2O8. The van der Waals surface area contributed by atoms with E-state index >= 15 is 0 Å². The van der Waals surface area contributed by atoms with E-state index in [-0.39, 0.29) is 42.5 Å². The molecule has 1 heterocycles. The molecule has 0 spiro atoms. The summed E-state index contributed by atoms with van der Waals surface area (Å²) in [7, 11) is 2.94. The summed E-state index contributed by atoms with van der Waals surface area (Å²) in [4.78, 5) is 37.2. The Labute approximate surface area is 207 Å². The summed E-state index contributed by atoms with van der Waals surface area (Å²) in [5.74, 6) is -1.56. The van der Waals surface area contributed by atoms with Crippen molar-refractivity contribution >= 4 is 11.8 Å². The van der Waals surface area contributed by atoms with Crippen LogP contribution in [0.15, 0.2) is 57.7 Å². The first kappa shape index (κ1) is 26.1. The van der Waals surface area contributed by atoms with Crippen molar-refractivity contribution in [3.05, 3.63) is 81.4 Å². The first-order chi connectivity index (χ1) is 17.2. The van der Waals surface area contributed by atoms with Crippen LogP contribution in [0.1, 0.15) is 35.0 Å². The summed E-state index contributed by atoms with van der Waals surface area (Å²) in [5, 5.41) is 25.6. The predicted molar refractivity (Wildman–Crippen MR) is 130 cm³/mol. The lowest BCUT2D eigenvalue weighted by Gasteiger charge is -2.19. The van der Waals surface area contributed by atoms with E-state index in [4.69, 9.17) is 13.9 Å². The van der Waals surface area contributed by atoms with Crippen molar-refractivity contribution in [2.75, 3.05) is 20.8 Å². The number of amides is 2. The fraction of sp³-hybridized carbons (Fsp3) is 0.269. The van der Waals surface area contributed by atoms with Gasteiger partial charge in [0, 0.05) is 19.0 Å². The number of rotatable bonds is 10. The molecule has 0 aliphatic heterocycles. The van der Waals surface area contributed by atoms with E-state index in [9.17, 15) is 24.6 Å². The van der Waals surface area contributed by atoms with Crippen molar-refractivity contribution in [1.82, 2.24) is 10.6 Å². The molecule has 3 aromatic rings. The van der Waals surface area contributed by atoms with E-state index in [0.29, 0.717) is 11.3 Å². The van der Waals surface area contributed by atoms with Gasteiger partial charge in [-0.25, -0.2) is 0 Å². The molecule has 1 aromatic heterocycles. The number of aromatic hydroxyl groups is 2. The molecule has 190 valence electrons. The second-order valence-electron chi connectivity index (χ2n) is 8.02. The van der Waals surface area contributed by atoms with Gasteiger partial charge in [-0.05, 0) is 42.3 Å². The highest BCUT2D eigenvalue weighted by Crippen LogP contribution is 2.37. The molecule has 1 unspecified atom stereocenters. The average molecular weight is 497 g/mol. The molecule has 0 aliphatic carbocycles. The maximum atomic E-state index is 12.8. The van der Waals surface area contributed by atoms with Gasteiger partial charge in [0.2, 0.25) is 23.0 Å². The van der Waals surface area contributed by atoms with Crippen LogP contribution < -0.4 is 25.5 Å². The summed E-state index contributed by atoms with van der Waals surface area (Å²) in [5.41, 5.74) is 0.664. The standard InChI is InChI=1S/C26H28N2O8/c1-15-10-21(30)25(33)26(36-15)19(17-6-9-20(29)22(11-17)35-3)12-23(31)28-14-24(32)27-13-16-4-7-18(34-2)8-5-16/h4-11,19,29,33H,12-14H2,1-3H3,(H,27,32)(H,28,31). The van der Waals surface area contributed by atoms with Crippen LogP contribution in [0.2, 0.25) is 0 Å². The van der Waals surface area contributed by atoms with E-state index in [2.05, 4.69) is 10.6 Å². The van der Waals surface area contributed by atoms with E-state index in [1.54, 1.807) is 26.2 Å². The molecule has 2 aromatic carbocycles. The van der Waals surface area contributed by atoms with Crippen LogP contribution in [0.5, 0.6) is 23.0 Å². The summed E-state index contributed by atoms with van der Waals surface area (Å²) in [6, 6.07) is 12.7. The van der Waals surface area contributed by atoms with Gasteiger partial charge in [0.05, 0.1) is 26.7 Å². The zero-order valence-corrected chi connectivity index (χ0v) is 20.2. The Morgan fingerprint density at radius 3 is 2.36 bits per heavy atom. The Morgan fingerprint density at radius 1 is 0.972 bits per heavy atom. The summed E-state index contributed by atoms with van der Waals surface area (Å²) >= 11 is 0. The Bertz CT molecular complexity index is 1280. The summed E-state index contributed by atoms with van der Waals surface area (Å²) in [6.45, 7) is 1.55. The van der Waals surface area contributed by atoms with Crippen molar-refractivity contribution < 1.29 is 33.7 Å². The minimum atomic E-state index is -0.894. The zero-order valence-electron chi connectivity index (χ0n) is 20.2. The first-order valence-electron chi connectivity index (χ1n) is 11.1. The monoisotopic (exact) mass is 496 g/mol. The van der Waals surface area contributed by atoms with Crippen LogP contribution in [-0.4, -0.2) is 42.8 Å². The Morgan fingerprint density at radius 2 is 1.69 bits per heavy atom. The third-order valence-electron chi connectivity index (χ3n) is 5.48. The van der Waals surface area contributed by atoms with Crippen LogP contribution in [0.25, 0.3) is 0 Å². The van der Waals surface area contributed by atoms with Crippen LogP contribution in [0, 0.1) is 6.92 Å². The Kier molecular flexibility index (Phi) is 8.56. The smallest absolute Gasteiger partial charge is 0.239 e. The maximum Gasteiger partial charge on any atom is 0.239 e. The highest BCUT2D eigenvalue weighted by Gasteiger charge is 2.27. The highest BCUT2D eigenvalue weighted by atomic mass is 16.5. The van der Waals surface area contributed by atoms with E-state index in [1.165, 1.54) is 25.3 Å². The minimum Gasteiger partial charge on any atom is -0.504 e. The summed E-state index contributed by atoms with van der Waals surface area (Å²) in [6.07, 6.45) is -0.250. The number of carbonyl (C=O) groups is 2. The van der Waals surface area contributed by atoms with Crippen LogP contribution in [0.3, 0.4) is 0 Å². The van der Waals surface area contributed by atoms with Crippen LogP contribution in [0.4, 0.5) is 0 Å². The third kappa shape index (κ3) is 6.56. The minimum absolute atomic E-state index is 0.105. The lowest BCUT2D eigenvalue weighted by molar-refractivity contribution is -0.126. The number of carbonyl (C=O) groups excluding carboxylic acids is 2. The SMILES string of the molecule is COc1ccc(CNC(=O)CNC(=O)CC(c2ccc(O)c(OC)c2)c2oc(C)cc(=O)c2O)cc1. The largest absolute Gasteiger partial charge is 0.504 e. The number of nitrogens with one attached hydrogen (secondary N) is 2. The number of methoxy groups -OCH3 is 2. The van der Waals surface area contributed by atoms with Gasteiger partial charge in [0.25, 0.3) is 0 Å². The number of phenolic OH excluding ortho intramolecular Hbond substituents is 1. The van der Waals surface area contributed by atoms with Gasteiger partial charge in [-0.15, -0.1) is 0 Å². The quantitative estimate of drug-likeness (QED) is 0.334. The van der Waals surface area contributed by atoms with E-state index in [1.807, 2.05) is 12.1 Å². The molecule has 4 N–H and O–H groups in total. The van der Waals surface area contributed by atoms with Crippen molar-refractivity contribution in [2.24, 2.45) is 0 Å². The molecule has 0 saturated heterocycles. The van der Waals surface area contributed by atoms with Crippen molar-refractivity contribution in [2.45, 2.75) is 25.8 Å². The van der Waals surface area contributed by atoms with Crippen LogP contribution in [-0.2, 0) is 16.1 Å². The molecule has 0 fully saturated rings. The second-order valence-corrected chi connectivity index (χ2v) is 8.02. The Hall–Kier alpha value is -4.47. The molecule has 36 heavy (non-hydrogen) atoms.